The zero-order chi connectivity index (χ0) is 27.8. The van der Waals surface area contributed by atoms with Crippen LogP contribution in [0.3, 0.4) is 0 Å². The highest BCUT2D eigenvalue weighted by molar-refractivity contribution is 7.15. The van der Waals surface area contributed by atoms with Gasteiger partial charge in [0.15, 0.2) is 0 Å². The van der Waals surface area contributed by atoms with Crippen LogP contribution in [0.2, 0.25) is 0 Å². The molecule has 3 heteroatoms. The van der Waals surface area contributed by atoms with Crippen molar-refractivity contribution < 1.29 is 9.47 Å². The molecule has 1 atom stereocenters. The lowest BCUT2D eigenvalue weighted by atomic mass is 9.81. The third-order valence-electron chi connectivity index (χ3n) is 9.42. The highest BCUT2D eigenvalue weighted by Crippen LogP contribution is 2.36. The molecular weight excluding hydrogens is 495 g/mol. The van der Waals surface area contributed by atoms with Crippen LogP contribution in [0.5, 0.6) is 11.5 Å². The third-order valence-corrected chi connectivity index (χ3v) is 9.86. The minimum Gasteiger partial charge on any atom is -0.493 e. The highest BCUT2D eigenvalue weighted by atomic mass is 31.0. The molecule has 1 aliphatic carbocycles. The van der Waals surface area contributed by atoms with Gasteiger partial charge in [0.05, 0.1) is 13.2 Å². The zero-order valence-corrected chi connectivity index (χ0v) is 26.0. The molecule has 4 rings (SSSR count). The van der Waals surface area contributed by atoms with E-state index < -0.39 is 0 Å². The fourth-order valence-electron chi connectivity index (χ4n) is 5.91. The molecule has 0 N–H and O–H groups in total. The van der Waals surface area contributed by atoms with E-state index in [0.717, 1.165) is 56.1 Å². The molecule has 1 aliphatic rings. The van der Waals surface area contributed by atoms with Gasteiger partial charge in [-0.1, -0.05) is 76.9 Å². The van der Waals surface area contributed by atoms with Crippen LogP contribution in [0.25, 0.3) is 22.3 Å². The van der Waals surface area contributed by atoms with Gasteiger partial charge in [0.2, 0.25) is 0 Å². The Balaban J connectivity index is 1.42. The molecule has 2 nitrogen and oxygen atoms in total. The molecule has 0 spiro atoms. The summed E-state index contributed by atoms with van der Waals surface area (Å²) in [5, 5.41) is 0. The molecule has 210 valence electrons. The number of aryl methyl sites for hydroxylation is 1. The smallest absolute Gasteiger partial charge is 0.123 e. The summed E-state index contributed by atoms with van der Waals surface area (Å²) in [6, 6.07) is 22.1. The van der Waals surface area contributed by atoms with Crippen LogP contribution in [-0.4, -0.2) is 13.2 Å². The lowest BCUT2D eigenvalue weighted by Gasteiger charge is -2.30. The Morgan fingerprint density at radius 3 is 1.90 bits per heavy atom. The summed E-state index contributed by atoms with van der Waals surface area (Å²) in [5.74, 6) is 3.60. The van der Waals surface area contributed by atoms with Gasteiger partial charge >= 0.3 is 0 Å². The second-order valence-corrected chi connectivity index (χ2v) is 12.3. The quantitative estimate of drug-likeness (QED) is 0.211. The van der Waals surface area contributed by atoms with Gasteiger partial charge in [0.25, 0.3) is 0 Å². The van der Waals surface area contributed by atoms with Crippen molar-refractivity contribution >= 4 is 9.24 Å². The molecule has 1 fully saturated rings. The molecule has 3 aromatic rings. The summed E-state index contributed by atoms with van der Waals surface area (Å²) in [6.07, 6.45) is 9.62. The SMILES string of the molecule is CCC(CC)(CC)COc1cc(C)c(-c2ccc(-c3ccc(OCC4CCC(C)CC4)cc3)cc2)cc1CP. The van der Waals surface area contributed by atoms with Gasteiger partial charge in [0.1, 0.15) is 11.5 Å². The number of hydrogen-bond acceptors (Lipinski definition) is 2. The maximum Gasteiger partial charge on any atom is 0.123 e. The zero-order valence-electron chi connectivity index (χ0n) is 24.9. The van der Waals surface area contributed by atoms with Crippen LogP contribution in [-0.2, 0) is 6.16 Å². The summed E-state index contributed by atoms with van der Waals surface area (Å²) in [6.45, 7) is 13.0. The Hall–Kier alpha value is -2.31. The summed E-state index contributed by atoms with van der Waals surface area (Å²) < 4.78 is 12.6. The summed E-state index contributed by atoms with van der Waals surface area (Å²) in [5.41, 5.74) is 7.74. The molecule has 0 heterocycles. The van der Waals surface area contributed by atoms with E-state index in [1.807, 2.05) is 0 Å². The van der Waals surface area contributed by atoms with E-state index >= 15 is 0 Å². The molecule has 1 saturated carbocycles. The predicted molar refractivity (Wildman–Crippen MR) is 171 cm³/mol. The van der Waals surface area contributed by atoms with E-state index in [-0.39, 0.29) is 5.41 Å². The standard InChI is InChI=1S/C36H49O2P/c1-6-36(7-2,8-3)25-38-35-21-27(5)34(22-32(35)24-39)31-15-13-29(14-16-31)30-17-19-33(20-18-30)37-23-28-11-9-26(4)10-12-28/h13-22,26,28H,6-12,23-25,39H2,1-5H3. The molecule has 0 saturated heterocycles. The van der Waals surface area contributed by atoms with Crippen molar-refractivity contribution in [3.8, 4) is 33.8 Å². The lowest BCUT2D eigenvalue weighted by Crippen LogP contribution is -2.26. The van der Waals surface area contributed by atoms with Gasteiger partial charge in [0, 0.05) is 5.41 Å². The summed E-state index contributed by atoms with van der Waals surface area (Å²) >= 11 is 0. The van der Waals surface area contributed by atoms with Crippen LogP contribution in [0.15, 0.2) is 60.7 Å². The number of ether oxygens (including phenoxy) is 2. The maximum atomic E-state index is 6.46. The molecule has 0 amide bonds. The second-order valence-electron chi connectivity index (χ2n) is 11.9. The number of rotatable bonds is 12. The normalized spacial score (nSPS) is 17.7. The van der Waals surface area contributed by atoms with Crippen molar-refractivity contribution in [1.82, 2.24) is 0 Å². The Morgan fingerprint density at radius 1 is 0.769 bits per heavy atom. The molecule has 0 radical (unpaired) electrons. The maximum absolute atomic E-state index is 6.46. The van der Waals surface area contributed by atoms with Gasteiger partial charge < -0.3 is 9.47 Å². The van der Waals surface area contributed by atoms with Crippen LogP contribution >= 0.6 is 9.24 Å². The van der Waals surface area contributed by atoms with Gasteiger partial charge in [-0.15, -0.1) is 9.24 Å². The van der Waals surface area contributed by atoms with Crippen LogP contribution in [0, 0.1) is 24.2 Å². The third kappa shape index (κ3) is 7.46. The molecule has 0 aliphatic heterocycles. The van der Waals surface area contributed by atoms with Crippen molar-refractivity contribution in [3.05, 3.63) is 71.8 Å². The summed E-state index contributed by atoms with van der Waals surface area (Å²) in [4.78, 5) is 0. The molecule has 1 unspecified atom stereocenters. The number of hydrogen-bond donors (Lipinski definition) is 0. The first-order valence-electron chi connectivity index (χ1n) is 15.2. The molecule has 0 aromatic heterocycles. The van der Waals surface area contributed by atoms with Crippen molar-refractivity contribution in [2.24, 2.45) is 17.3 Å². The van der Waals surface area contributed by atoms with E-state index in [1.54, 1.807) is 0 Å². The Kier molecular flexibility index (Phi) is 10.5. The van der Waals surface area contributed by atoms with Gasteiger partial charge in [-0.3, -0.25) is 0 Å². The van der Waals surface area contributed by atoms with Crippen LogP contribution in [0.4, 0.5) is 0 Å². The largest absolute Gasteiger partial charge is 0.493 e. The van der Waals surface area contributed by atoms with Crippen molar-refractivity contribution in [2.75, 3.05) is 13.2 Å². The van der Waals surface area contributed by atoms with E-state index in [4.69, 9.17) is 9.47 Å². The van der Waals surface area contributed by atoms with Crippen molar-refractivity contribution in [3.63, 3.8) is 0 Å². The second kappa shape index (κ2) is 13.8. The van der Waals surface area contributed by atoms with Crippen LogP contribution in [0.1, 0.15) is 83.8 Å². The van der Waals surface area contributed by atoms with Gasteiger partial charge in [-0.25, -0.2) is 0 Å². The minimum atomic E-state index is 0.263. The van der Waals surface area contributed by atoms with Crippen molar-refractivity contribution in [1.29, 1.82) is 0 Å². The average Bonchev–Trinajstić information content (AvgIpc) is 2.98. The van der Waals surface area contributed by atoms with Crippen molar-refractivity contribution in [2.45, 2.75) is 85.7 Å². The van der Waals surface area contributed by atoms with Gasteiger partial charge in [-0.05, 0) is 115 Å². The minimum absolute atomic E-state index is 0.263. The van der Waals surface area contributed by atoms with Gasteiger partial charge in [-0.2, -0.15) is 0 Å². The number of benzene rings is 3. The Bertz CT molecular complexity index is 1160. The Morgan fingerprint density at radius 2 is 1.33 bits per heavy atom. The molecular formula is C36H49O2P. The fourth-order valence-corrected chi connectivity index (χ4v) is 6.23. The first-order chi connectivity index (χ1) is 18.9. The average molecular weight is 545 g/mol. The topological polar surface area (TPSA) is 18.5 Å². The highest BCUT2D eigenvalue weighted by Gasteiger charge is 2.25. The molecule has 39 heavy (non-hydrogen) atoms. The first kappa shape index (κ1) is 29.7. The monoisotopic (exact) mass is 544 g/mol. The molecule has 0 bridgehead atoms. The summed E-state index contributed by atoms with van der Waals surface area (Å²) in [7, 11) is 2.88. The molecule has 3 aromatic carbocycles. The first-order valence-corrected chi connectivity index (χ1v) is 16.0. The van der Waals surface area contributed by atoms with E-state index in [0.29, 0.717) is 5.92 Å². The van der Waals surface area contributed by atoms with Crippen LogP contribution < -0.4 is 9.47 Å². The van der Waals surface area contributed by atoms with E-state index in [1.165, 1.54) is 59.1 Å². The Labute approximate surface area is 240 Å². The van der Waals surface area contributed by atoms with E-state index in [9.17, 15) is 0 Å². The lowest BCUT2D eigenvalue weighted by molar-refractivity contribution is 0.127. The van der Waals surface area contributed by atoms with E-state index in [2.05, 4.69) is 105 Å². The fraction of sp³-hybridized carbons (Fsp3) is 0.500. The predicted octanol–water partition coefficient (Wildman–Crippen LogP) is 10.5.